The second-order valence-corrected chi connectivity index (χ2v) is 6.70. The number of anilines is 1. The van der Waals surface area contributed by atoms with Gasteiger partial charge in [-0.1, -0.05) is 61.2 Å². The van der Waals surface area contributed by atoms with Crippen molar-refractivity contribution >= 4 is 39.4 Å². The Morgan fingerprint density at radius 1 is 1.29 bits per heavy atom. The van der Waals surface area contributed by atoms with Crippen molar-refractivity contribution in [2.45, 2.75) is 19.4 Å². The molecule has 24 heavy (non-hydrogen) atoms. The van der Waals surface area contributed by atoms with Crippen LogP contribution in [0.25, 0.3) is 10.8 Å². The molecule has 2 amide bonds. The molecule has 3 rings (SSSR count). The van der Waals surface area contributed by atoms with Crippen LogP contribution in [0.1, 0.15) is 13.3 Å². The van der Waals surface area contributed by atoms with Crippen molar-refractivity contribution in [1.29, 1.82) is 0 Å². The third-order valence-electron chi connectivity index (χ3n) is 4.13. The van der Waals surface area contributed by atoms with Crippen LogP contribution in [0, 0.1) is 0 Å². The molecule has 4 nitrogen and oxygen atoms in total. The average molecular weight is 340 g/mol. The number of hydrogen-bond acceptors (Lipinski definition) is 3. The van der Waals surface area contributed by atoms with Crippen LogP contribution in [0.4, 0.5) is 10.5 Å². The summed E-state index contributed by atoms with van der Waals surface area (Å²) in [5.74, 6) is 0.648. The Kier molecular flexibility index (Phi) is 5.20. The lowest BCUT2D eigenvalue weighted by Crippen LogP contribution is -2.33. The second-order valence-electron chi connectivity index (χ2n) is 5.66. The highest BCUT2D eigenvalue weighted by Gasteiger charge is 2.26. The van der Waals surface area contributed by atoms with Gasteiger partial charge in [0.05, 0.1) is 6.04 Å². The zero-order valence-electron chi connectivity index (χ0n) is 13.6. The fraction of sp³-hybridized carbons (Fsp3) is 0.263. The van der Waals surface area contributed by atoms with Gasteiger partial charge in [-0.25, -0.2) is 0 Å². The lowest BCUT2D eigenvalue weighted by molar-refractivity contribution is -0.111. The monoisotopic (exact) mass is 340 g/mol. The number of rotatable bonds is 5. The van der Waals surface area contributed by atoms with Gasteiger partial charge in [-0.3, -0.25) is 9.59 Å². The summed E-state index contributed by atoms with van der Waals surface area (Å²) in [5, 5.41) is 5.13. The van der Waals surface area contributed by atoms with Crippen molar-refractivity contribution in [1.82, 2.24) is 4.90 Å². The minimum absolute atomic E-state index is 0.0224. The van der Waals surface area contributed by atoms with Crippen molar-refractivity contribution in [3.8, 4) is 0 Å². The average Bonchev–Trinajstić information content (AvgIpc) is 3.02. The maximum Gasteiger partial charge on any atom is 0.282 e. The summed E-state index contributed by atoms with van der Waals surface area (Å²) in [5.41, 5.74) is 0.795. The fourth-order valence-electron chi connectivity index (χ4n) is 2.87. The van der Waals surface area contributed by atoms with Crippen LogP contribution in [-0.4, -0.2) is 34.4 Å². The summed E-state index contributed by atoms with van der Waals surface area (Å²) in [6, 6.07) is 13.8. The van der Waals surface area contributed by atoms with Crippen LogP contribution in [-0.2, 0) is 4.79 Å². The highest BCUT2D eigenvalue weighted by molar-refractivity contribution is 8.13. The largest absolute Gasteiger partial charge is 0.326 e. The van der Waals surface area contributed by atoms with Crippen LogP contribution in [0.5, 0.6) is 0 Å². The maximum atomic E-state index is 12.3. The van der Waals surface area contributed by atoms with Gasteiger partial charge in [0, 0.05) is 29.4 Å². The van der Waals surface area contributed by atoms with E-state index in [1.807, 2.05) is 60.4 Å². The lowest BCUT2D eigenvalue weighted by atomic mass is 10.1. The van der Waals surface area contributed by atoms with Crippen molar-refractivity contribution in [3.63, 3.8) is 0 Å². The molecule has 0 aliphatic carbocycles. The number of nitrogens with zero attached hydrogens (tertiary/aromatic N) is 1. The molecular formula is C19H20N2O2S. The Morgan fingerprint density at radius 2 is 2.08 bits per heavy atom. The molecule has 1 heterocycles. The van der Waals surface area contributed by atoms with Gasteiger partial charge in [0.25, 0.3) is 5.24 Å². The predicted octanol–water partition coefficient (Wildman–Crippen LogP) is 4.28. The van der Waals surface area contributed by atoms with Crippen LogP contribution in [0.2, 0.25) is 0 Å². The summed E-state index contributed by atoms with van der Waals surface area (Å²) in [4.78, 5) is 25.9. The predicted molar refractivity (Wildman–Crippen MR) is 100 cm³/mol. The van der Waals surface area contributed by atoms with Crippen LogP contribution >= 0.6 is 11.8 Å². The molecule has 0 aromatic heterocycles. The molecule has 0 spiro atoms. The van der Waals surface area contributed by atoms with E-state index in [1.54, 1.807) is 0 Å². The molecule has 2 aromatic carbocycles. The topological polar surface area (TPSA) is 49.4 Å². The standard InChI is InChI=1S/C19H20N2O2S/c1-2-15(21-12-13-24-19(21)23)10-11-18(22)20-17-9-5-7-14-6-3-4-8-16(14)17/h3-11,15H,2,12-13H2,1H3,(H,20,22)/b11-10+/t15-/m1/s1. The first-order chi connectivity index (χ1) is 11.7. The van der Waals surface area contributed by atoms with Gasteiger partial charge in [0.2, 0.25) is 5.91 Å². The van der Waals surface area contributed by atoms with E-state index in [0.717, 1.165) is 35.2 Å². The maximum absolute atomic E-state index is 12.3. The van der Waals surface area contributed by atoms with Gasteiger partial charge in [0.15, 0.2) is 0 Å². The van der Waals surface area contributed by atoms with E-state index in [4.69, 9.17) is 0 Å². The number of amides is 2. The number of carbonyl (C=O) groups is 2. The first-order valence-electron chi connectivity index (χ1n) is 8.09. The van der Waals surface area contributed by atoms with Crippen LogP contribution < -0.4 is 5.32 Å². The molecule has 0 unspecified atom stereocenters. The molecule has 0 bridgehead atoms. The van der Waals surface area contributed by atoms with E-state index < -0.39 is 0 Å². The van der Waals surface area contributed by atoms with E-state index in [1.165, 1.54) is 17.8 Å². The number of benzene rings is 2. The molecule has 1 saturated heterocycles. The number of fused-ring (bicyclic) bond motifs is 1. The zero-order valence-corrected chi connectivity index (χ0v) is 14.4. The highest BCUT2D eigenvalue weighted by atomic mass is 32.2. The first-order valence-corrected chi connectivity index (χ1v) is 9.08. The van der Waals surface area contributed by atoms with E-state index in [9.17, 15) is 9.59 Å². The molecule has 0 radical (unpaired) electrons. The molecule has 5 heteroatoms. The third kappa shape index (κ3) is 3.62. The van der Waals surface area contributed by atoms with Crippen molar-refractivity contribution in [2.75, 3.05) is 17.6 Å². The van der Waals surface area contributed by atoms with E-state index in [2.05, 4.69) is 5.32 Å². The Labute approximate surface area is 145 Å². The smallest absolute Gasteiger partial charge is 0.282 e. The van der Waals surface area contributed by atoms with Gasteiger partial charge in [-0.15, -0.1) is 0 Å². The number of hydrogen-bond donors (Lipinski definition) is 1. The molecule has 124 valence electrons. The van der Waals surface area contributed by atoms with E-state index >= 15 is 0 Å². The molecule has 2 aromatic rings. The minimum atomic E-state index is -0.177. The normalized spacial score (nSPS) is 16.0. The van der Waals surface area contributed by atoms with Gasteiger partial charge >= 0.3 is 0 Å². The summed E-state index contributed by atoms with van der Waals surface area (Å²) >= 11 is 1.34. The molecular weight excluding hydrogens is 320 g/mol. The summed E-state index contributed by atoms with van der Waals surface area (Å²) in [7, 11) is 0. The van der Waals surface area contributed by atoms with Gasteiger partial charge in [-0.2, -0.15) is 0 Å². The Hall–Kier alpha value is -2.27. The fourth-order valence-corrected chi connectivity index (χ4v) is 3.73. The Morgan fingerprint density at radius 3 is 2.83 bits per heavy atom. The van der Waals surface area contributed by atoms with Gasteiger partial charge in [0.1, 0.15) is 0 Å². The third-order valence-corrected chi connectivity index (χ3v) is 5.00. The number of nitrogens with one attached hydrogen (secondary N) is 1. The molecule has 1 fully saturated rings. The van der Waals surface area contributed by atoms with Crippen LogP contribution in [0.15, 0.2) is 54.6 Å². The summed E-state index contributed by atoms with van der Waals surface area (Å²) in [6.07, 6.45) is 4.15. The van der Waals surface area contributed by atoms with E-state index in [-0.39, 0.29) is 17.2 Å². The summed E-state index contributed by atoms with van der Waals surface area (Å²) < 4.78 is 0. The number of carbonyl (C=O) groups excluding carboxylic acids is 2. The van der Waals surface area contributed by atoms with Crippen LogP contribution in [0.3, 0.4) is 0 Å². The lowest BCUT2D eigenvalue weighted by Gasteiger charge is -2.22. The molecule has 1 atom stereocenters. The second kappa shape index (κ2) is 7.53. The molecule has 1 N–H and O–H groups in total. The Balaban J connectivity index is 1.71. The van der Waals surface area contributed by atoms with E-state index in [0.29, 0.717) is 0 Å². The molecule has 1 aliphatic heterocycles. The van der Waals surface area contributed by atoms with Gasteiger partial charge < -0.3 is 10.2 Å². The SMILES string of the molecule is CC[C@H](/C=C/C(=O)Nc1cccc2ccccc12)N1CCSC1=O. The summed E-state index contributed by atoms with van der Waals surface area (Å²) in [6.45, 7) is 2.77. The number of thioether (sulfide) groups is 1. The highest BCUT2D eigenvalue weighted by Crippen LogP contribution is 2.24. The Bertz CT molecular complexity index is 783. The van der Waals surface area contributed by atoms with Gasteiger partial charge in [-0.05, 0) is 17.9 Å². The minimum Gasteiger partial charge on any atom is -0.326 e. The molecule has 0 saturated carbocycles. The quantitative estimate of drug-likeness (QED) is 0.827. The van der Waals surface area contributed by atoms with Crippen molar-refractivity contribution in [3.05, 3.63) is 54.6 Å². The molecule has 1 aliphatic rings. The van der Waals surface area contributed by atoms with Crippen molar-refractivity contribution < 1.29 is 9.59 Å². The van der Waals surface area contributed by atoms with Crippen molar-refractivity contribution in [2.24, 2.45) is 0 Å². The first kappa shape index (κ1) is 16.6. The zero-order chi connectivity index (χ0) is 16.9.